The molecule has 8 nitrogen and oxygen atoms in total. The van der Waals surface area contributed by atoms with Gasteiger partial charge in [-0.15, -0.1) is 0 Å². The molecule has 3 aromatic heterocycles. The van der Waals surface area contributed by atoms with Gasteiger partial charge in [0.2, 0.25) is 0 Å². The number of aryl methyl sites for hydroxylation is 1. The first-order chi connectivity index (χ1) is 15.1. The van der Waals surface area contributed by atoms with Crippen LogP contribution in [0.25, 0.3) is 10.9 Å². The van der Waals surface area contributed by atoms with Crippen LogP contribution < -0.4 is 16.2 Å². The lowest BCUT2D eigenvalue weighted by Gasteiger charge is -2.15. The van der Waals surface area contributed by atoms with Crippen molar-refractivity contribution in [2.75, 3.05) is 24.4 Å². The molecule has 0 aliphatic rings. The second kappa shape index (κ2) is 9.01. The minimum absolute atomic E-state index is 0.121. The number of rotatable bonds is 8. The van der Waals surface area contributed by atoms with Crippen molar-refractivity contribution in [3.63, 3.8) is 0 Å². The van der Waals surface area contributed by atoms with E-state index in [0.29, 0.717) is 24.4 Å². The fourth-order valence-corrected chi connectivity index (χ4v) is 3.53. The molecule has 0 spiro atoms. The number of hydrogen-bond donors (Lipinski definition) is 2. The summed E-state index contributed by atoms with van der Waals surface area (Å²) in [5.74, 6) is 0. The van der Waals surface area contributed by atoms with Crippen molar-refractivity contribution >= 4 is 28.0 Å². The van der Waals surface area contributed by atoms with Gasteiger partial charge in [-0.25, -0.2) is 4.68 Å². The van der Waals surface area contributed by atoms with Gasteiger partial charge in [0.05, 0.1) is 24.0 Å². The lowest BCUT2D eigenvalue weighted by molar-refractivity contribution is 0.188. The first-order valence-corrected chi connectivity index (χ1v) is 10.1. The van der Waals surface area contributed by atoms with Crippen molar-refractivity contribution in [2.45, 2.75) is 20.0 Å². The number of aromatic nitrogens is 4. The molecule has 0 bridgehead atoms. The van der Waals surface area contributed by atoms with E-state index in [1.54, 1.807) is 33.5 Å². The number of anilines is 3. The quantitative estimate of drug-likeness (QED) is 0.456. The number of pyridine rings is 1. The molecular weight excluding hydrogens is 392 g/mol. The second-order valence-corrected chi connectivity index (χ2v) is 7.41. The molecule has 0 aliphatic carbocycles. The second-order valence-electron chi connectivity index (χ2n) is 7.41. The van der Waals surface area contributed by atoms with Gasteiger partial charge in [0.15, 0.2) is 0 Å². The fraction of sp³-hybridized carbons (Fsp3) is 0.261. The first kappa shape index (κ1) is 20.6. The highest BCUT2D eigenvalue weighted by molar-refractivity contribution is 5.96. The van der Waals surface area contributed by atoms with E-state index in [2.05, 4.69) is 49.7 Å². The molecule has 31 heavy (non-hydrogen) atoms. The zero-order valence-corrected chi connectivity index (χ0v) is 17.9. The van der Waals surface area contributed by atoms with E-state index in [1.165, 1.54) is 4.68 Å². The number of ether oxygens (including phenoxy) is 1. The van der Waals surface area contributed by atoms with Gasteiger partial charge < -0.3 is 19.9 Å². The standard InChI is InChI=1S/C23H26N6O2/c1-16-21(15-26-28(2)23(16)30)27-18-11-20(25-14-17-5-4-7-24-13-17)19-6-8-29(9-10-31-3)22(19)12-18/h4-8,11-13,15,25,27H,9-10,14H2,1-3H3. The van der Waals surface area contributed by atoms with Gasteiger partial charge in [-0.3, -0.25) is 9.78 Å². The molecule has 0 fully saturated rings. The molecule has 0 atom stereocenters. The smallest absolute Gasteiger partial charge is 0.271 e. The average molecular weight is 419 g/mol. The van der Waals surface area contributed by atoms with E-state index in [9.17, 15) is 4.79 Å². The van der Waals surface area contributed by atoms with Crippen LogP contribution in [-0.4, -0.2) is 33.0 Å². The van der Waals surface area contributed by atoms with Gasteiger partial charge >= 0.3 is 0 Å². The summed E-state index contributed by atoms with van der Waals surface area (Å²) in [4.78, 5) is 16.5. The minimum atomic E-state index is -0.121. The Labute approximate surface area is 180 Å². The normalized spacial score (nSPS) is 11.1. The van der Waals surface area contributed by atoms with Crippen molar-refractivity contribution in [3.8, 4) is 0 Å². The van der Waals surface area contributed by atoms with Gasteiger partial charge in [-0.1, -0.05) is 6.07 Å². The number of nitrogens with one attached hydrogen (secondary N) is 2. The summed E-state index contributed by atoms with van der Waals surface area (Å²) < 4.78 is 8.76. The van der Waals surface area contributed by atoms with E-state index < -0.39 is 0 Å². The van der Waals surface area contributed by atoms with Crippen LogP contribution in [0.15, 0.2) is 59.9 Å². The van der Waals surface area contributed by atoms with Crippen molar-refractivity contribution in [3.05, 3.63) is 76.6 Å². The van der Waals surface area contributed by atoms with Crippen molar-refractivity contribution in [1.82, 2.24) is 19.3 Å². The molecule has 0 radical (unpaired) electrons. The maximum absolute atomic E-state index is 12.3. The Balaban J connectivity index is 1.72. The maximum Gasteiger partial charge on any atom is 0.271 e. The summed E-state index contributed by atoms with van der Waals surface area (Å²) in [5.41, 5.74) is 5.23. The van der Waals surface area contributed by atoms with Crippen LogP contribution in [0.1, 0.15) is 11.1 Å². The SMILES string of the molecule is COCCn1ccc2c(NCc3cccnc3)cc(Nc3cnn(C)c(=O)c3C)cc21. The van der Waals surface area contributed by atoms with Crippen molar-refractivity contribution in [1.29, 1.82) is 0 Å². The van der Waals surface area contributed by atoms with Crippen LogP contribution in [0.3, 0.4) is 0 Å². The van der Waals surface area contributed by atoms with Crippen LogP contribution in [0.2, 0.25) is 0 Å². The third-order valence-corrected chi connectivity index (χ3v) is 5.29. The van der Waals surface area contributed by atoms with Gasteiger partial charge in [-0.2, -0.15) is 5.10 Å². The number of benzene rings is 1. The lowest BCUT2D eigenvalue weighted by Crippen LogP contribution is -2.22. The molecule has 160 valence electrons. The number of methoxy groups -OCH3 is 1. The lowest BCUT2D eigenvalue weighted by atomic mass is 10.1. The van der Waals surface area contributed by atoms with Gasteiger partial charge in [0, 0.05) is 68.2 Å². The highest BCUT2D eigenvalue weighted by Gasteiger charge is 2.11. The van der Waals surface area contributed by atoms with Crippen LogP contribution >= 0.6 is 0 Å². The molecule has 4 rings (SSSR count). The molecule has 1 aromatic carbocycles. The van der Waals surface area contributed by atoms with Crippen LogP contribution in [0, 0.1) is 6.92 Å². The number of hydrogen-bond acceptors (Lipinski definition) is 6. The minimum Gasteiger partial charge on any atom is -0.383 e. The summed E-state index contributed by atoms with van der Waals surface area (Å²) in [6, 6.07) is 10.2. The highest BCUT2D eigenvalue weighted by Crippen LogP contribution is 2.31. The molecule has 0 unspecified atom stereocenters. The molecule has 0 saturated heterocycles. The Bertz CT molecular complexity index is 1250. The van der Waals surface area contributed by atoms with Gasteiger partial charge in [0.1, 0.15) is 0 Å². The molecule has 0 amide bonds. The molecule has 8 heteroatoms. The van der Waals surface area contributed by atoms with Crippen molar-refractivity contribution in [2.24, 2.45) is 7.05 Å². The molecular formula is C23H26N6O2. The summed E-state index contributed by atoms with van der Waals surface area (Å²) in [6.07, 6.45) is 7.36. The highest BCUT2D eigenvalue weighted by atomic mass is 16.5. The third kappa shape index (κ3) is 4.44. The van der Waals surface area contributed by atoms with E-state index in [0.717, 1.165) is 34.4 Å². The molecule has 2 N–H and O–H groups in total. The Morgan fingerprint density at radius 3 is 2.81 bits per heavy atom. The maximum atomic E-state index is 12.3. The molecule has 0 aliphatic heterocycles. The zero-order chi connectivity index (χ0) is 21.8. The third-order valence-electron chi connectivity index (χ3n) is 5.29. The van der Waals surface area contributed by atoms with E-state index in [-0.39, 0.29) is 5.56 Å². The van der Waals surface area contributed by atoms with Gasteiger partial charge in [-0.05, 0) is 36.8 Å². The fourth-order valence-electron chi connectivity index (χ4n) is 3.53. The predicted molar refractivity (Wildman–Crippen MR) is 123 cm³/mol. The van der Waals surface area contributed by atoms with E-state index in [1.807, 2.05) is 18.3 Å². The van der Waals surface area contributed by atoms with Crippen LogP contribution in [0.5, 0.6) is 0 Å². The first-order valence-electron chi connectivity index (χ1n) is 10.1. The van der Waals surface area contributed by atoms with Crippen LogP contribution in [-0.2, 0) is 24.9 Å². The molecule has 3 heterocycles. The van der Waals surface area contributed by atoms with Gasteiger partial charge in [0.25, 0.3) is 5.56 Å². The monoisotopic (exact) mass is 418 g/mol. The summed E-state index contributed by atoms with van der Waals surface area (Å²) >= 11 is 0. The average Bonchev–Trinajstić information content (AvgIpc) is 3.20. The van der Waals surface area contributed by atoms with E-state index >= 15 is 0 Å². The Morgan fingerprint density at radius 2 is 2.03 bits per heavy atom. The van der Waals surface area contributed by atoms with Crippen molar-refractivity contribution < 1.29 is 4.74 Å². The molecule has 4 aromatic rings. The molecule has 0 saturated carbocycles. The van der Waals surface area contributed by atoms with E-state index in [4.69, 9.17) is 4.74 Å². The topological polar surface area (TPSA) is 86.0 Å². The number of nitrogens with zero attached hydrogens (tertiary/aromatic N) is 4. The summed E-state index contributed by atoms with van der Waals surface area (Å²) in [7, 11) is 3.35. The summed E-state index contributed by atoms with van der Waals surface area (Å²) in [6.45, 7) is 3.82. The predicted octanol–water partition coefficient (Wildman–Crippen LogP) is 3.44. The Hall–Kier alpha value is -3.65. The van der Waals surface area contributed by atoms with Crippen LogP contribution in [0.4, 0.5) is 17.1 Å². The Morgan fingerprint density at radius 1 is 1.16 bits per heavy atom. The zero-order valence-electron chi connectivity index (χ0n) is 17.9. The summed E-state index contributed by atoms with van der Waals surface area (Å²) in [5, 5.41) is 12.2. The number of fused-ring (bicyclic) bond motifs is 1. The Kier molecular flexibility index (Phi) is 5.99. The largest absolute Gasteiger partial charge is 0.383 e.